The van der Waals surface area contributed by atoms with E-state index in [1.165, 1.54) is 0 Å². The Morgan fingerprint density at radius 2 is 2.21 bits per heavy atom. The van der Waals surface area contributed by atoms with Gasteiger partial charge in [-0.05, 0) is 25.5 Å². The zero-order valence-electron chi connectivity index (χ0n) is 7.85. The van der Waals surface area contributed by atoms with Crippen molar-refractivity contribution >= 4 is 12.2 Å². The Morgan fingerprint density at radius 3 is 2.64 bits per heavy atom. The molecule has 5 heteroatoms. The number of carbonyl (C=O) groups is 1. The van der Waals surface area contributed by atoms with Crippen LogP contribution in [0.3, 0.4) is 0 Å². The van der Waals surface area contributed by atoms with E-state index in [2.05, 4.69) is 10.1 Å². The van der Waals surface area contributed by atoms with E-state index in [1.54, 1.807) is 19.9 Å². The van der Waals surface area contributed by atoms with E-state index in [1.807, 2.05) is 0 Å². The van der Waals surface area contributed by atoms with Gasteiger partial charge in [-0.25, -0.2) is 4.79 Å². The van der Waals surface area contributed by atoms with Crippen LogP contribution in [0.2, 0.25) is 0 Å². The van der Waals surface area contributed by atoms with Gasteiger partial charge in [-0.15, -0.1) is 0 Å². The van der Waals surface area contributed by atoms with Crippen molar-refractivity contribution in [3.8, 4) is 0 Å². The number of hydrogen-bond donors (Lipinski definition) is 2. The van der Waals surface area contributed by atoms with Crippen LogP contribution in [-0.4, -0.2) is 27.5 Å². The molecule has 5 nitrogen and oxygen atoms in total. The van der Waals surface area contributed by atoms with Gasteiger partial charge in [0.2, 0.25) is 0 Å². The van der Waals surface area contributed by atoms with Gasteiger partial charge in [-0.3, -0.25) is 4.98 Å². The fourth-order valence-corrected chi connectivity index (χ4v) is 1.31. The second kappa shape index (κ2) is 3.87. The Labute approximate surface area is 80.7 Å². The van der Waals surface area contributed by atoms with E-state index in [9.17, 15) is 4.79 Å². The minimum Gasteiger partial charge on any atom is -0.478 e. The van der Waals surface area contributed by atoms with E-state index in [-0.39, 0.29) is 5.56 Å². The van der Waals surface area contributed by atoms with Gasteiger partial charge in [0.1, 0.15) is 0 Å². The summed E-state index contributed by atoms with van der Waals surface area (Å²) in [6, 6.07) is 1.55. The Hall–Kier alpha value is -1.91. The quantitative estimate of drug-likeness (QED) is 0.421. The predicted molar refractivity (Wildman–Crippen MR) is 50.1 cm³/mol. The van der Waals surface area contributed by atoms with Gasteiger partial charge in [0.05, 0.1) is 23.2 Å². The van der Waals surface area contributed by atoms with Crippen molar-refractivity contribution in [3.63, 3.8) is 0 Å². The molecule has 0 aliphatic heterocycles. The molecule has 1 aromatic rings. The molecule has 0 unspecified atom stereocenters. The van der Waals surface area contributed by atoms with Crippen LogP contribution in [0.4, 0.5) is 0 Å². The molecule has 1 heterocycles. The molecule has 0 fully saturated rings. The standard InChI is InChI=1S/C9H10N2O3/c1-5-3-7(4-10-14)11-6(2)8(5)9(12)13/h3-4,14H,1-2H3,(H,12,13). The molecule has 0 radical (unpaired) electrons. The van der Waals surface area contributed by atoms with E-state index in [4.69, 9.17) is 10.3 Å². The van der Waals surface area contributed by atoms with Crippen molar-refractivity contribution in [1.29, 1.82) is 0 Å². The molecule has 0 bridgehead atoms. The predicted octanol–water partition coefficient (Wildman–Crippen LogP) is 1.20. The highest BCUT2D eigenvalue weighted by Crippen LogP contribution is 2.12. The molecule has 74 valence electrons. The highest BCUT2D eigenvalue weighted by molar-refractivity contribution is 5.91. The first-order chi connectivity index (χ1) is 6.56. The summed E-state index contributed by atoms with van der Waals surface area (Å²) in [5.41, 5.74) is 1.64. The number of pyridine rings is 1. The zero-order chi connectivity index (χ0) is 10.7. The minimum absolute atomic E-state index is 0.195. The number of aryl methyl sites for hydroxylation is 2. The second-order valence-corrected chi connectivity index (χ2v) is 2.87. The number of carboxylic acid groups (broad SMARTS) is 1. The van der Waals surface area contributed by atoms with Gasteiger partial charge >= 0.3 is 5.97 Å². The highest BCUT2D eigenvalue weighted by Gasteiger charge is 2.12. The van der Waals surface area contributed by atoms with E-state index < -0.39 is 5.97 Å². The molecule has 1 aromatic heterocycles. The van der Waals surface area contributed by atoms with Crippen molar-refractivity contribution in [1.82, 2.24) is 4.98 Å². The molecule has 0 amide bonds. The van der Waals surface area contributed by atoms with Gasteiger partial charge in [0.15, 0.2) is 0 Å². The van der Waals surface area contributed by atoms with Crippen molar-refractivity contribution in [2.45, 2.75) is 13.8 Å². The van der Waals surface area contributed by atoms with Crippen LogP contribution in [0.25, 0.3) is 0 Å². The third kappa shape index (κ3) is 1.87. The molecular formula is C9H10N2O3. The smallest absolute Gasteiger partial charge is 0.337 e. The maximum Gasteiger partial charge on any atom is 0.337 e. The first-order valence-corrected chi connectivity index (χ1v) is 3.95. The Bertz CT molecular complexity index is 376. The maximum atomic E-state index is 10.8. The van der Waals surface area contributed by atoms with Crippen LogP contribution in [0.1, 0.15) is 27.3 Å². The monoisotopic (exact) mass is 194 g/mol. The first kappa shape index (κ1) is 10.2. The summed E-state index contributed by atoms with van der Waals surface area (Å²) in [7, 11) is 0. The lowest BCUT2D eigenvalue weighted by Gasteiger charge is -2.04. The molecule has 0 saturated heterocycles. The Balaban J connectivity index is 3.32. The maximum absolute atomic E-state index is 10.8. The SMILES string of the molecule is Cc1cc(C=NO)nc(C)c1C(=O)O. The lowest BCUT2D eigenvalue weighted by atomic mass is 10.1. The van der Waals surface area contributed by atoms with Crippen molar-refractivity contribution in [2.24, 2.45) is 5.16 Å². The van der Waals surface area contributed by atoms with Gasteiger partial charge < -0.3 is 10.3 Å². The normalized spacial score (nSPS) is 10.7. The Kier molecular flexibility index (Phi) is 2.81. The molecule has 0 aromatic carbocycles. The summed E-state index contributed by atoms with van der Waals surface area (Å²) in [6.07, 6.45) is 1.16. The average molecular weight is 194 g/mol. The summed E-state index contributed by atoms with van der Waals surface area (Å²) in [5, 5.41) is 20.0. The van der Waals surface area contributed by atoms with Crippen molar-refractivity contribution < 1.29 is 15.1 Å². The topological polar surface area (TPSA) is 82.8 Å². The number of carboxylic acids is 1. The summed E-state index contributed by atoms with van der Waals surface area (Å²) in [4.78, 5) is 14.7. The van der Waals surface area contributed by atoms with Crippen LogP contribution >= 0.6 is 0 Å². The van der Waals surface area contributed by atoms with Gasteiger partial charge in [-0.2, -0.15) is 0 Å². The summed E-state index contributed by atoms with van der Waals surface area (Å²) in [6.45, 7) is 3.28. The fraction of sp³-hybridized carbons (Fsp3) is 0.222. The molecule has 0 saturated carbocycles. The number of nitrogens with zero attached hydrogens (tertiary/aromatic N) is 2. The molecular weight excluding hydrogens is 184 g/mol. The molecule has 0 spiro atoms. The number of aromatic carboxylic acids is 1. The van der Waals surface area contributed by atoms with Crippen molar-refractivity contribution in [3.05, 3.63) is 28.6 Å². The highest BCUT2D eigenvalue weighted by atomic mass is 16.4. The molecule has 14 heavy (non-hydrogen) atoms. The van der Waals surface area contributed by atoms with E-state index in [0.29, 0.717) is 17.0 Å². The average Bonchev–Trinajstić information content (AvgIpc) is 2.01. The Morgan fingerprint density at radius 1 is 1.57 bits per heavy atom. The third-order valence-corrected chi connectivity index (χ3v) is 1.82. The van der Waals surface area contributed by atoms with Crippen LogP contribution in [0.15, 0.2) is 11.2 Å². The molecule has 1 rings (SSSR count). The number of aromatic nitrogens is 1. The van der Waals surface area contributed by atoms with Crippen molar-refractivity contribution in [2.75, 3.05) is 0 Å². The van der Waals surface area contributed by atoms with Crippen LogP contribution in [0.5, 0.6) is 0 Å². The summed E-state index contributed by atoms with van der Waals surface area (Å²) in [5.74, 6) is -1.00. The largest absolute Gasteiger partial charge is 0.478 e. The molecule has 0 aliphatic carbocycles. The lowest BCUT2D eigenvalue weighted by molar-refractivity contribution is 0.0695. The third-order valence-electron chi connectivity index (χ3n) is 1.82. The zero-order valence-corrected chi connectivity index (χ0v) is 7.85. The van der Waals surface area contributed by atoms with E-state index >= 15 is 0 Å². The first-order valence-electron chi connectivity index (χ1n) is 3.95. The number of hydrogen-bond acceptors (Lipinski definition) is 4. The molecule has 0 atom stereocenters. The minimum atomic E-state index is -1.00. The lowest BCUT2D eigenvalue weighted by Crippen LogP contribution is -2.06. The van der Waals surface area contributed by atoms with Gasteiger partial charge in [0.25, 0.3) is 0 Å². The second-order valence-electron chi connectivity index (χ2n) is 2.87. The fourth-order valence-electron chi connectivity index (χ4n) is 1.31. The van der Waals surface area contributed by atoms with Crippen LogP contribution in [0, 0.1) is 13.8 Å². The molecule has 0 aliphatic rings. The van der Waals surface area contributed by atoms with Crippen LogP contribution < -0.4 is 0 Å². The van der Waals surface area contributed by atoms with Gasteiger partial charge in [0, 0.05) is 0 Å². The van der Waals surface area contributed by atoms with E-state index in [0.717, 1.165) is 6.21 Å². The number of oxime groups is 1. The number of rotatable bonds is 2. The summed E-state index contributed by atoms with van der Waals surface area (Å²) < 4.78 is 0. The summed E-state index contributed by atoms with van der Waals surface area (Å²) >= 11 is 0. The molecule has 2 N–H and O–H groups in total. The van der Waals surface area contributed by atoms with Gasteiger partial charge in [-0.1, -0.05) is 5.16 Å². The van der Waals surface area contributed by atoms with Crippen LogP contribution in [-0.2, 0) is 0 Å².